The molecule has 0 radical (unpaired) electrons. The highest BCUT2D eigenvalue weighted by Crippen LogP contribution is 2.08. The molecule has 0 aromatic heterocycles. The summed E-state index contributed by atoms with van der Waals surface area (Å²) in [5.41, 5.74) is 4.99. The van der Waals surface area contributed by atoms with Crippen LogP contribution in [0.2, 0.25) is 0 Å². The van der Waals surface area contributed by atoms with Gasteiger partial charge in [0, 0.05) is 6.54 Å². The van der Waals surface area contributed by atoms with Gasteiger partial charge in [-0.1, -0.05) is 20.3 Å². The Morgan fingerprint density at radius 2 is 1.94 bits per heavy atom. The van der Waals surface area contributed by atoms with Crippen molar-refractivity contribution in [3.05, 3.63) is 0 Å². The van der Waals surface area contributed by atoms with Crippen LogP contribution in [0, 0.1) is 5.92 Å². The predicted octanol–water partition coefficient (Wildman–Crippen LogP) is 1.24. The fraction of sp³-hybridized carbons (Fsp3) is 0.833. The zero-order valence-electron chi connectivity index (χ0n) is 11.6. The minimum Gasteiger partial charge on any atom is -0.466 e. The Labute approximate surface area is 115 Å². The maximum absolute atomic E-state index is 11.8. The summed E-state index contributed by atoms with van der Waals surface area (Å²) in [6.45, 7) is 7.74. The second kappa shape index (κ2) is 9.16. The average Bonchev–Trinajstić information content (AvgIpc) is 2.25. The third kappa shape index (κ3) is 6.81. The van der Waals surface area contributed by atoms with Gasteiger partial charge in [-0.25, -0.2) is 0 Å². The number of amides is 1. The van der Waals surface area contributed by atoms with Gasteiger partial charge < -0.3 is 15.8 Å². The number of rotatable bonds is 7. The number of hydrogen-bond donors (Lipinski definition) is 2. The summed E-state index contributed by atoms with van der Waals surface area (Å²) in [5.74, 6) is -0.881. The molecule has 0 saturated heterocycles. The molecule has 0 fully saturated rings. The van der Waals surface area contributed by atoms with E-state index in [1.165, 1.54) is 0 Å². The molecule has 3 N–H and O–H groups in total. The normalized spacial score (nSPS) is 14.9. The van der Waals surface area contributed by atoms with Crippen molar-refractivity contribution >= 4 is 24.3 Å². The lowest BCUT2D eigenvalue weighted by molar-refractivity contribution is -0.147. The van der Waals surface area contributed by atoms with E-state index in [9.17, 15) is 9.59 Å². The topological polar surface area (TPSA) is 81.4 Å². The van der Waals surface area contributed by atoms with Crippen molar-refractivity contribution in [1.82, 2.24) is 5.32 Å². The van der Waals surface area contributed by atoms with Crippen molar-refractivity contribution in [2.24, 2.45) is 11.7 Å². The second-order valence-corrected chi connectivity index (χ2v) is 4.53. The molecule has 0 aliphatic carbocycles. The van der Waals surface area contributed by atoms with Crippen LogP contribution in [-0.2, 0) is 14.3 Å². The molecular formula is C12H25ClN2O3. The Balaban J connectivity index is 0. The fourth-order valence-electron chi connectivity index (χ4n) is 1.45. The highest BCUT2D eigenvalue weighted by atomic mass is 35.5. The van der Waals surface area contributed by atoms with E-state index in [0.717, 1.165) is 6.42 Å². The van der Waals surface area contributed by atoms with Crippen LogP contribution in [0.1, 0.15) is 40.5 Å². The van der Waals surface area contributed by atoms with Crippen LogP contribution in [0.15, 0.2) is 0 Å². The van der Waals surface area contributed by atoms with E-state index >= 15 is 0 Å². The lowest BCUT2D eigenvalue weighted by atomic mass is 9.96. The molecule has 0 rings (SSSR count). The number of hydrogen-bond acceptors (Lipinski definition) is 4. The monoisotopic (exact) mass is 280 g/mol. The van der Waals surface area contributed by atoms with Gasteiger partial charge in [0.05, 0.1) is 18.1 Å². The van der Waals surface area contributed by atoms with Crippen molar-refractivity contribution in [2.45, 2.75) is 46.1 Å². The van der Waals surface area contributed by atoms with Gasteiger partial charge in [0.1, 0.15) is 0 Å². The summed E-state index contributed by atoms with van der Waals surface area (Å²) in [6.07, 6.45) is 1.46. The smallest absolute Gasteiger partial charge is 0.310 e. The molecule has 18 heavy (non-hydrogen) atoms. The third-order valence-electron chi connectivity index (χ3n) is 2.55. The van der Waals surface area contributed by atoms with E-state index in [-0.39, 0.29) is 36.7 Å². The van der Waals surface area contributed by atoms with E-state index < -0.39 is 5.54 Å². The van der Waals surface area contributed by atoms with Crippen molar-refractivity contribution in [1.29, 1.82) is 0 Å². The molecule has 0 spiro atoms. The maximum atomic E-state index is 11.8. The van der Waals surface area contributed by atoms with Crippen molar-refractivity contribution in [3.63, 3.8) is 0 Å². The number of nitrogens with two attached hydrogens (primary N) is 1. The summed E-state index contributed by atoms with van der Waals surface area (Å²) in [5, 5.41) is 2.68. The molecule has 0 aliphatic heterocycles. The first-order valence-electron chi connectivity index (χ1n) is 6.09. The first-order valence-corrected chi connectivity index (χ1v) is 6.09. The zero-order valence-corrected chi connectivity index (χ0v) is 12.4. The molecule has 5 nitrogen and oxygen atoms in total. The van der Waals surface area contributed by atoms with Crippen molar-refractivity contribution in [3.8, 4) is 0 Å². The molecule has 0 aromatic carbocycles. The standard InChI is InChI=1S/C12H24N2O3.ClH/c1-5-7-12(4,13)11(16)14-8-9(3)10(15)17-6-2;/h9H,5-8,13H2,1-4H3,(H,14,16);1H. The molecule has 0 aliphatic rings. The Hall–Kier alpha value is -0.810. The van der Waals surface area contributed by atoms with Crippen molar-refractivity contribution < 1.29 is 14.3 Å². The Bertz CT molecular complexity index is 270. The molecule has 2 atom stereocenters. The summed E-state index contributed by atoms with van der Waals surface area (Å²) >= 11 is 0. The van der Waals surface area contributed by atoms with Gasteiger partial charge in [-0.15, -0.1) is 12.4 Å². The number of halogens is 1. The van der Waals surface area contributed by atoms with Gasteiger partial charge in [-0.3, -0.25) is 9.59 Å². The minimum atomic E-state index is -0.872. The van der Waals surface area contributed by atoms with E-state index in [1.54, 1.807) is 20.8 Å². The van der Waals surface area contributed by atoms with Gasteiger partial charge in [-0.05, 0) is 20.3 Å². The van der Waals surface area contributed by atoms with Gasteiger partial charge in [0.15, 0.2) is 0 Å². The van der Waals surface area contributed by atoms with E-state index in [4.69, 9.17) is 10.5 Å². The van der Waals surface area contributed by atoms with Crippen molar-refractivity contribution in [2.75, 3.05) is 13.2 Å². The SMILES string of the molecule is CCCC(C)(N)C(=O)NCC(C)C(=O)OCC.Cl. The van der Waals surface area contributed by atoms with Gasteiger partial charge in [0.2, 0.25) is 5.91 Å². The van der Waals surface area contributed by atoms with Crippen LogP contribution in [0.25, 0.3) is 0 Å². The lowest BCUT2D eigenvalue weighted by Crippen LogP contribution is -2.52. The number of carbonyl (C=O) groups excluding carboxylic acids is 2. The molecule has 2 unspecified atom stereocenters. The number of nitrogens with one attached hydrogen (secondary N) is 1. The van der Waals surface area contributed by atoms with E-state index in [0.29, 0.717) is 13.0 Å². The second-order valence-electron chi connectivity index (χ2n) is 4.53. The van der Waals surface area contributed by atoms with Gasteiger partial charge in [-0.2, -0.15) is 0 Å². The highest BCUT2D eigenvalue weighted by molar-refractivity contribution is 5.86. The van der Waals surface area contributed by atoms with Gasteiger partial charge >= 0.3 is 5.97 Å². The first kappa shape index (κ1) is 19.5. The zero-order chi connectivity index (χ0) is 13.5. The van der Waals surface area contributed by atoms with Crippen LogP contribution in [0.4, 0.5) is 0 Å². The van der Waals surface area contributed by atoms with Crippen LogP contribution in [0.5, 0.6) is 0 Å². The first-order chi connectivity index (χ1) is 7.85. The number of carbonyl (C=O) groups is 2. The predicted molar refractivity (Wildman–Crippen MR) is 73.6 cm³/mol. The Morgan fingerprint density at radius 1 is 1.39 bits per heavy atom. The third-order valence-corrected chi connectivity index (χ3v) is 2.55. The Kier molecular flexibility index (Phi) is 9.94. The molecule has 108 valence electrons. The van der Waals surface area contributed by atoms with Crippen LogP contribution in [0.3, 0.4) is 0 Å². The molecular weight excluding hydrogens is 256 g/mol. The maximum Gasteiger partial charge on any atom is 0.310 e. The summed E-state index contributed by atoms with van der Waals surface area (Å²) in [7, 11) is 0. The highest BCUT2D eigenvalue weighted by Gasteiger charge is 2.27. The quantitative estimate of drug-likeness (QED) is 0.688. The molecule has 0 aromatic rings. The Morgan fingerprint density at radius 3 is 2.39 bits per heavy atom. The number of ether oxygens (including phenoxy) is 1. The van der Waals surface area contributed by atoms with Crippen LogP contribution >= 0.6 is 12.4 Å². The van der Waals surface area contributed by atoms with E-state index in [1.807, 2.05) is 6.92 Å². The molecule has 1 amide bonds. The lowest BCUT2D eigenvalue weighted by Gasteiger charge is -2.23. The largest absolute Gasteiger partial charge is 0.466 e. The fourth-order valence-corrected chi connectivity index (χ4v) is 1.45. The van der Waals surface area contributed by atoms with Crippen LogP contribution < -0.4 is 11.1 Å². The average molecular weight is 281 g/mol. The molecule has 0 bridgehead atoms. The van der Waals surface area contributed by atoms with Gasteiger partial charge in [0.25, 0.3) is 0 Å². The molecule has 6 heteroatoms. The van der Waals surface area contributed by atoms with E-state index in [2.05, 4.69) is 5.32 Å². The summed E-state index contributed by atoms with van der Waals surface area (Å²) in [6, 6.07) is 0. The molecule has 0 saturated carbocycles. The summed E-state index contributed by atoms with van der Waals surface area (Å²) in [4.78, 5) is 23.1. The van der Waals surface area contributed by atoms with Crippen LogP contribution in [-0.4, -0.2) is 30.6 Å². The summed E-state index contributed by atoms with van der Waals surface area (Å²) < 4.78 is 4.85. The number of esters is 1. The minimum absolute atomic E-state index is 0. The molecule has 0 heterocycles.